The number of rotatable bonds is 9. The molecule has 0 bridgehead atoms. The van der Waals surface area contributed by atoms with Gasteiger partial charge in [0, 0.05) is 31.8 Å². The van der Waals surface area contributed by atoms with Gasteiger partial charge in [-0.05, 0) is 24.6 Å². The maximum atomic E-state index is 14.3. The van der Waals surface area contributed by atoms with Gasteiger partial charge < -0.3 is 92.7 Å². The molecule has 0 saturated carbocycles. The Bertz CT molecular complexity index is 2060. The normalized spacial score (nSPS) is 32.4. The second-order valence-corrected chi connectivity index (χ2v) is 16.8. The van der Waals surface area contributed by atoms with Gasteiger partial charge >= 0.3 is 10.4 Å². The summed E-state index contributed by atoms with van der Waals surface area (Å²) >= 11 is 0. The fourth-order valence-corrected chi connectivity index (χ4v) is 7.77. The number of amides is 7. The molecular formula is C35H52N8O20S. The number of phenolic OH excluding ortho intramolecular Hbond substituents is 1. The Kier molecular flexibility index (Phi) is 16.6. The molecule has 3 saturated heterocycles. The Morgan fingerprint density at radius 3 is 2.03 bits per heavy atom. The molecule has 18 N–H and O–H groups in total. The van der Waals surface area contributed by atoms with Crippen molar-refractivity contribution in [2.24, 2.45) is 17.4 Å². The third kappa shape index (κ3) is 12.1. The Morgan fingerprint density at radius 1 is 0.844 bits per heavy atom. The molecular weight excluding hydrogens is 884 g/mol. The topological polar surface area (TPSA) is 472 Å². The fourth-order valence-electron chi connectivity index (χ4n) is 7.41. The highest BCUT2D eigenvalue weighted by molar-refractivity contribution is 7.81. The summed E-state index contributed by atoms with van der Waals surface area (Å²) in [4.78, 5) is 96.6. The predicted molar refractivity (Wildman–Crippen MR) is 208 cm³/mol. The minimum atomic E-state index is -5.30. The quantitative estimate of drug-likeness (QED) is 0.102. The van der Waals surface area contributed by atoms with Crippen molar-refractivity contribution in [1.82, 2.24) is 31.1 Å². The van der Waals surface area contributed by atoms with Crippen molar-refractivity contribution in [2.75, 3.05) is 13.1 Å². The Morgan fingerprint density at radius 2 is 1.44 bits per heavy atom. The van der Waals surface area contributed by atoms with Crippen molar-refractivity contribution in [3.63, 3.8) is 0 Å². The number of carbonyl (C=O) groups excluding carboxylic acids is 7. The summed E-state index contributed by atoms with van der Waals surface area (Å²) < 4.78 is 36.2. The first-order chi connectivity index (χ1) is 29.6. The smallest absolute Gasteiger partial charge is 0.446 e. The van der Waals surface area contributed by atoms with E-state index in [1.807, 2.05) is 10.6 Å². The van der Waals surface area contributed by atoms with Crippen LogP contribution in [0.4, 0.5) is 0 Å². The molecule has 3 aliphatic rings. The van der Waals surface area contributed by atoms with Gasteiger partial charge in [-0.3, -0.25) is 38.1 Å². The van der Waals surface area contributed by atoms with Crippen LogP contribution in [0.25, 0.3) is 0 Å². The summed E-state index contributed by atoms with van der Waals surface area (Å²) in [6.07, 6.45) is -19.1. The number of nitrogens with two attached hydrogens (primary N) is 2. The van der Waals surface area contributed by atoms with Crippen LogP contribution in [0.5, 0.6) is 11.5 Å². The van der Waals surface area contributed by atoms with Crippen molar-refractivity contribution < 1.29 is 96.7 Å². The Labute approximate surface area is 363 Å². The van der Waals surface area contributed by atoms with E-state index in [0.717, 1.165) is 19.1 Å². The van der Waals surface area contributed by atoms with E-state index in [4.69, 9.17) is 16.0 Å². The van der Waals surface area contributed by atoms with Crippen molar-refractivity contribution in [2.45, 2.75) is 118 Å². The predicted octanol–water partition coefficient (Wildman–Crippen LogP) is -9.26. The first-order valence-corrected chi connectivity index (χ1v) is 20.8. The van der Waals surface area contributed by atoms with Gasteiger partial charge in [0.05, 0.1) is 36.9 Å². The van der Waals surface area contributed by atoms with Crippen LogP contribution in [0, 0.1) is 5.92 Å². The monoisotopic (exact) mass is 936 g/mol. The van der Waals surface area contributed by atoms with Crippen LogP contribution in [-0.2, 0) is 44.0 Å². The number of aliphatic hydroxyl groups excluding tert-OH is 8. The highest BCUT2D eigenvalue weighted by Gasteiger charge is 2.50. The zero-order chi connectivity index (χ0) is 48.3. The number of hydrogen-bond donors (Lipinski definition) is 16. The number of fused-ring (bicyclic) bond motifs is 2. The van der Waals surface area contributed by atoms with E-state index in [9.17, 15) is 87.9 Å². The molecule has 28 nitrogen and oxygen atoms in total. The van der Waals surface area contributed by atoms with Gasteiger partial charge in [0.2, 0.25) is 41.4 Å². The van der Waals surface area contributed by atoms with Crippen molar-refractivity contribution in [3.8, 4) is 11.5 Å². The summed E-state index contributed by atoms with van der Waals surface area (Å²) in [5.74, 6) is -12.4. The average molecular weight is 937 g/mol. The molecule has 7 amide bonds. The molecule has 29 heteroatoms. The largest absolute Gasteiger partial charge is 0.504 e. The van der Waals surface area contributed by atoms with Crippen LogP contribution in [-0.4, -0.2) is 202 Å². The SMILES string of the molecule is C[C@@H](O)[C@@H]1NC(=O)[C@@H](N)C[C@@H](O)[C@@H](O)NC(=O)[C@@H]2[C@@H](O)[C@@H](C)CN2C(=O)[C@H]([C@H](O)CC(N)=O)NC(=O)[C@H]([C@H](O)[C@@H](O)c2ccc(O)c(OS(=O)(=O)O)c2)NC(=O)[C@@H]2C[C@@H](O)CN2C1=O. The number of benzene rings is 1. The van der Waals surface area contributed by atoms with Gasteiger partial charge in [0.25, 0.3) is 0 Å². The number of primary amides is 1. The molecule has 1 aromatic carbocycles. The molecule has 3 fully saturated rings. The minimum absolute atomic E-state index is 0.508. The lowest BCUT2D eigenvalue weighted by atomic mass is 9.96. The van der Waals surface area contributed by atoms with Crippen molar-refractivity contribution in [1.29, 1.82) is 0 Å². The van der Waals surface area contributed by atoms with Gasteiger partial charge in [-0.1, -0.05) is 13.0 Å². The maximum Gasteiger partial charge on any atom is 0.446 e. The van der Waals surface area contributed by atoms with Crippen LogP contribution in [0.1, 0.15) is 44.8 Å². The zero-order valence-electron chi connectivity index (χ0n) is 33.9. The number of aliphatic hydroxyl groups is 8. The van der Waals surface area contributed by atoms with Crippen LogP contribution in [0.15, 0.2) is 18.2 Å². The lowest BCUT2D eigenvalue weighted by Crippen LogP contribution is -2.64. The molecule has 4 rings (SSSR count). The molecule has 15 atom stereocenters. The van der Waals surface area contributed by atoms with Gasteiger partial charge in [-0.25, -0.2) is 0 Å². The molecule has 0 aliphatic carbocycles. The number of aromatic hydroxyl groups is 1. The van der Waals surface area contributed by atoms with Crippen LogP contribution in [0.3, 0.4) is 0 Å². The number of hydrogen-bond acceptors (Lipinski definition) is 20. The van der Waals surface area contributed by atoms with E-state index in [-0.39, 0.29) is 0 Å². The summed E-state index contributed by atoms with van der Waals surface area (Å²) in [6, 6.07) is -10.2. The Hall–Kier alpha value is -5.34. The molecule has 0 radical (unpaired) electrons. The molecule has 3 heterocycles. The van der Waals surface area contributed by atoms with Crippen LogP contribution >= 0.6 is 0 Å². The zero-order valence-corrected chi connectivity index (χ0v) is 34.8. The molecule has 0 aromatic heterocycles. The summed E-state index contributed by atoms with van der Waals surface area (Å²) in [7, 11) is -5.30. The highest BCUT2D eigenvalue weighted by atomic mass is 32.3. The number of nitrogens with one attached hydrogen (secondary N) is 4. The van der Waals surface area contributed by atoms with E-state index in [0.29, 0.717) is 15.9 Å². The van der Waals surface area contributed by atoms with Gasteiger partial charge in [0.15, 0.2) is 17.7 Å². The summed E-state index contributed by atoms with van der Waals surface area (Å²) in [6.45, 7) is 1.26. The molecule has 64 heavy (non-hydrogen) atoms. The van der Waals surface area contributed by atoms with Crippen LogP contribution in [0.2, 0.25) is 0 Å². The summed E-state index contributed by atoms with van der Waals surface area (Å²) in [5, 5.41) is 106. The number of carbonyl (C=O) groups is 7. The summed E-state index contributed by atoms with van der Waals surface area (Å²) in [5.41, 5.74) is 10.6. The number of phenols is 1. The van der Waals surface area contributed by atoms with E-state index < -0.39 is 192 Å². The molecule has 0 unspecified atom stereocenters. The van der Waals surface area contributed by atoms with Crippen molar-refractivity contribution >= 4 is 51.7 Å². The van der Waals surface area contributed by atoms with Crippen LogP contribution < -0.4 is 36.9 Å². The minimum Gasteiger partial charge on any atom is -0.504 e. The molecule has 0 spiro atoms. The number of nitrogens with zero attached hydrogens (tertiary/aromatic N) is 2. The average Bonchev–Trinajstić information content (AvgIpc) is 3.74. The maximum absolute atomic E-state index is 14.3. The lowest BCUT2D eigenvalue weighted by Gasteiger charge is -2.34. The molecule has 358 valence electrons. The molecule has 3 aliphatic heterocycles. The second kappa shape index (κ2) is 20.7. The first kappa shape index (κ1) is 51.3. The van der Waals surface area contributed by atoms with Gasteiger partial charge in [-0.2, -0.15) is 8.42 Å². The third-order valence-electron chi connectivity index (χ3n) is 10.8. The highest BCUT2D eigenvalue weighted by Crippen LogP contribution is 2.32. The van der Waals surface area contributed by atoms with E-state index in [2.05, 4.69) is 14.8 Å². The fraction of sp³-hybridized carbons (Fsp3) is 0.629. The Balaban J connectivity index is 1.88. The third-order valence-corrected chi connectivity index (χ3v) is 11.2. The van der Waals surface area contributed by atoms with Gasteiger partial charge in [0.1, 0.15) is 48.5 Å². The lowest BCUT2D eigenvalue weighted by molar-refractivity contribution is -0.149. The standard InChI is InChI=1S/C35H52N8O20S/c1-11-9-43-25(26(11)50)33(57)41-31(55)19(48)7-15(36)29(53)38-22(12(2)44)34(58)42-10-14(45)6-16(42)30(54)40-24(32(56)39-23(35(43)59)18(47)8-21(37)49)28(52)27(51)13-3-4-17(46)20(5-13)63-64(60,61)62/h3-5,11-12,14-16,18-19,22-28,31,44-48,50-52,55H,6-10,36H2,1-2H3,(H2,37,49)(H,38,53)(H,39,56)(H,40,54)(H,41,57)(H,60,61,62)/t11-,12+,14+,15-,16-,18+,19+,22-,23-,24-,25-,26-,27-,28-,31+/m0/s1. The van der Waals surface area contributed by atoms with E-state index in [1.54, 1.807) is 0 Å². The van der Waals surface area contributed by atoms with Crippen molar-refractivity contribution in [3.05, 3.63) is 23.8 Å². The molecule has 1 aromatic rings. The van der Waals surface area contributed by atoms with E-state index >= 15 is 0 Å². The van der Waals surface area contributed by atoms with Gasteiger partial charge in [-0.15, -0.1) is 0 Å². The second-order valence-electron chi connectivity index (χ2n) is 15.8. The van der Waals surface area contributed by atoms with E-state index in [1.165, 1.54) is 6.92 Å². The first-order valence-electron chi connectivity index (χ1n) is 19.4.